The zero-order chi connectivity index (χ0) is 22.4. The van der Waals surface area contributed by atoms with Gasteiger partial charge in [0.05, 0.1) is 12.4 Å². The summed E-state index contributed by atoms with van der Waals surface area (Å²) in [6, 6.07) is 3.27. The van der Waals surface area contributed by atoms with Gasteiger partial charge in [0.25, 0.3) is 0 Å². The lowest BCUT2D eigenvalue weighted by Gasteiger charge is -2.26. The van der Waals surface area contributed by atoms with Crippen LogP contribution in [0.15, 0.2) is 18.2 Å². The standard InChI is InChI=1S/C20H28FN3O6S/c1-14(16-5-6-17(21)18(11-16)30-12-15-3-4-15)23-31(27,28)10-2-9-29-13-24-8-7-19(25)22-20(24)26/h5-6,11,14-15,23H,2-4,7-10,12-13H2,1H3,(H,22,25,26)/t14-/m1/s1. The predicted octanol–water partition coefficient (Wildman–Crippen LogP) is 1.90. The van der Waals surface area contributed by atoms with Crippen LogP contribution >= 0.6 is 0 Å². The fourth-order valence-electron chi connectivity index (χ4n) is 3.04. The summed E-state index contributed by atoms with van der Waals surface area (Å²) in [6.45, 7) is 2.55. The molecule has 2 fully saturated rings. The van der Waals surface area contributed by atoms with Crippen molar-refractivity contribution >= 4 is 22.0 Å². The number of sulfonamides is 1. The van der Waals surface area contributed by atoms with E-state index in [0.29, 0.717) is 18.1 Å². The van der Waals surface area contributed by atoms with E-state index < -0.39 is 27.9 Å². The van der Waals surface area contributed by atoms with E-state index in [4.69, 9.17) is 9.47 Å². The van der Waals surface area contributed by atoms with E-state index in [-0.39, 0.29) is 50.1 Å². The molecule has 9 nitrogen and oxygen atoms in total. The average Bonchev–Trinajstić information content (AvgIpc) is 3.52. The number of hydrogen-bond donors (Lipinski definition) is 2. The summed E-state index contributed by atoms with van der Waals surface area (Å²) in [7, 11) is -3.59. The maximum absolute atomic E-state index is 13.9. The Balaban J connectivity index is 1.40. The lowest BCUT2D eigenvalue weighted by atomic mass is 10.1. The third-order valence-corrected chi connectivity index (χ3v) is 6.61. The van der Waals surface area contributed by atoms with E-state index in [9.17, 15) is 22.4 Å². The minimum absolute atomic E-state index is 0.0117. The first-order valence-corrected chi connectivity index (χ1v) is 12.0. The van der Waals surface area contributed by atoms with E-state index in [1.807, 2.05) is 0 Å². The number of ether oxygens (including phenoxy) is 2. The molecule has 1 aromatic rings. The number of benzene rings is 1. The number of nitrogens with zero attached hydrogens (tertiary/aromatic N) is 1. The molecule has 3 rings (SSSR count). The van der Waals surface area contributed by atoms with Crippen molar-refractivity contribution in [2.75, 3.05) is 32.2 Å². The van der Waals surface area contributed by atoms with Crippen LogP contribution in [-0.2, 0) is 19.6 Å². The van der Waals surface area contributed by atoms with Crippen LogP contribution in [-0.4, -0.2) is 57.5 Å². The number of carbonyl (C=O) groups is 2. The second kappa shape index (κ2) is 10.4. The molecule has 172 valence electrons. The van der Waals surface area contributed by atoms with Crippen LogP contribution in [0.1, 0.15) is 44.2 Å². The van der Waals surface area contributed by atoms with Gasteiger partial charge < -0.3 is 14.4 Å². The Morgan fingerprint density at radius 3 is 2.81 bits per heavy atom. The normalized spacial score (nSPS) is 18.1. The first kappa shape index (κ1) is 23.4. The average molecular weight is 458 g/mol. The molecule has 0 unspecified atom stereocenters. The molecule has 2 N–H and O–H groups in total. The van der Waals surface area contributed by atoms with Gasteiger partial charge >= 0.3 is 6.03 Å². The Labute approximate surface area is 181 Å². The molecular formula is C20H28FN3O6S. The molecule has 2 aliphatic rings. The Hall–Kier alpha value is -2.24. The Kier molecular flexibility index (Phi) is 7.84. The minimum atomic E-state index is -3.59. The molecule has 1 aromatic carbocycles. The van der Waals surface area contributed by atoms with Crippen molar-refractivity contribution in [3.05, 3.63) is 29.6 Å². The number of nitrogens with one attached hydrogen (secondary N) is 2. The topological polar surface area (TPSA) is 114 Å². The van der Waals surface area contributed by atoms with E-state index >= 15 is 0 Å². The highest BCUT2D eigenvalue weighted by molar-refractivity contribution is 7.89. The molecule has 0 bridgehead atoms. The van der Waals surface area contributed by atoms with E-state index in [2.05, 4.69) is 10.0 Å². The summed E-state index contributed by atoms with van der Waals surface area (Å²) in [5, 5.41) is 2.19. The Morgan fingerprint density at radius 2 is 2.10 bits per heavy atom. The second-order valence-electron chi connectivity index (χ2n) is 7.86. The molecule has 1 saturated heterocycles. The van der Waals surface area contributed by atoms with Crippen LogP contribution in [0.4, 0.5) is 9.18 Å². The summed E-state index contributed by atoms with van der Waals surface area (Å²) < 4.78 is 52.1. The molecule has 3 amide bonds. The Morgan fingerprint density at radius 1 is 1.32 bits per heavy atom. The fourth-order valence-corrected chi connectivity index (χ4v) is 4.33. The summed E-state index contributed by atoms with van der Waals surface area (Å²) >= 11 is 0. The highest BCUT2D eigenvalue weighted by Crippen LogP contribution is 2.31. The van der Waals surface area contributed by atoms with E-state index in [1.54, 1.807) is 6.92 Å². The number of imide groups is 1. The molecule has 1 aliphatic heterocycles. The third-order valence-electron chi connectivity index (χ3n) is 5.07. The third kappa shape index (κ3) is 7.44. The first-order valence-electron chi connectivity index (χ1n) is 10.3. The quantitative estimate of drug-likeness (QED) is 0.464. The summed E-state index contributed by atoms with van der Waals surface area (Å²) in [5.74, 6) is -0.340. The smallest absolute Gasteiger partial charge is 0.325 e. The van der Waals surface area contributed by atoms with Gasteiger partial charge in [0, 0.05) is 25.6 Å². The van der Waals surface area contributed by atoms with Crippen LogP contribution in [0.2, 0.25) is 0 Å². The van der Waals surface area contributed by atoms with Gasteiger partial charge in [0.1, 0.15) is 6.73 Å². The van der Waals surface area contributed by atoms with Gasteiger partial charge in [0.15, 0.2) is 11.6 Å². The van der Waals surface area contributed by atoms with Crippen molar-refractivity contribution in [2.45, 2.75) is 38.6 Å². The zero-order valence-corrected chi connectivity index (χ0v) is 18.3. The van der Waals surface area contributed by atoms with Gasteiger partial charge in [-0.1, -0.05) is 6.07 Å². The molecule has 1 saturated carbocycles. The van der Waals surface area contributed by atoms with Gasteiger partial charge in [-0.2, -0.15) is 0 Å². The van der Waals surface area contributed by atoms with Crippen LogP contribution in [0.5, 0.6) is 5.75 Å². The van der Waals surface area contributed by atoms with E-state index in [1.165, 1.54) is 23.1 Å². The lowest BCUT2D eigenvalue weighted by molar-refractivity contribution is -0.122. The monoisotopic (exact) mass is 457 g/mol. The molecule has 0 aromatic heterocycles. The van der Waals surface area contributed by atoms with Gasteiger partial charge in [-0.05, 0) is 49.8 Å². The van der Waals surface area contributed by atoms with Gasteiger partial charge in [0.2, 0.25) is 15.9 Å². The summed E-state index contributed by atoms with van der Waals surface area (Å²) in [6.07, 6.45) is 2.62. The Bertz CT molecular complexity index is 906. The number of halogens is 1. The highest BCUT2D eigenvalue weighted by Gasteiger charge is 2.24. The number of carbonyl (C=O) groups excluding carboxylic acids is 2. The van der Waals surface area contributed by atoms with Crippen molar-refractivity contribution in [3.63, 3.8) is 0 Å². The summed E-state index contributed by atoms with van der Waals surface area (Å²) in [4.78, 5) is 24.0. The van der Waals surface area contributed by atoms with Crippen molar-refractivity contribution < 1.29 is 31.9 Å². The molecule has 1 heterocycles. The zero-order valence-electron chi connectivity index (χ0n) is 17.4. The van der Waals surface area contributed by atoms with Crippen molar-refractivity contribution in [2.24, 2.45) is 5.92 Å². The number of hydrogen-bond acceptors (Lipinski definition) is 6. The van der Waals surface area contributed by atoms with Crippen LogP contribution in [0, 0.1) is 11.7 Å². The first-order chi connectivity index (χ1) is 14.7. The SMILES string of the molecule is C[C@@H](NS(=O)(=O)CCCOCN1CCC(=O)NC1=O)c1ccc(F)c(OCC2CC2)c1. The van der Waals surface area contributed by atoms with Crippen LogP contribution in [0.3, 0.4) is 0 Å². The molecule has 0 radical (unpaired) electrons. The molecule has 1 aliphatic carbocycles. The maximum atomic E-state index is 13.9. The van der Waals surface area contributed by atoms with Crippen LogP contribution < -0.4 is 14.8 Å². The number of amides is 3. The lowest BCUT2D eigenvalue weighted by Crippen LogP contribution is -2.50. The van der Waals surface area contributed by atoms with Crippen LogP contribution in [0.25, 0.3) is 0 Å². The molecule has 11 heteroatoms. The molecule has 1 atom stereocenters. The summed E-state index contributed by atoms with van der Waals surface area (Å²) in [5.41, 5.74) is 0.609. The van der Waals surface area contributed by atoms with Crippen molar-refractivity contribution in [1.82, 2.24) is 14.9 Å². The fraction of sp³-hybridized carbons (Fsp3) is 0.600. The second-order valence-corrected chi connectivity index (χ2v) is 9.73. The van der Waals surface area contributed by atoms with Crippen molar-refractivity contribution in [3.8, 4) is 5.75 Å². The van der Waals surface area contributed by atoms with Gasteiger partial charge in [-0.15, -0.1) is 0 Å². The highest BCUT2D eigenvalue weighted by atomic mass is 32.2. The largest absolute Gasteiger partial charge is 0.490 e. The molecular weight excluding hydrogens is 429 g/mol. The van der Waals surface area contributed by atoms with E-state index in [0.717, 1.165) is 12.8 Å². The minimum Gasteiger partial charge on any atom is -0.490 e. The number of rotatable bonds is 12. The van der Waals surface area contributed by atoms with Crippen molar-refractivity contribution in [1.29, 1.82) is 0 Å². The van der Waals surface area contributed by atoms with Gasteiger partial charge in [-0.3, -0.25) is 10.1 Å². The molecule has 31 heavy (non-hydrogen) atoms. The van der Waals surface area contributed by atoms with Gasteiger partial charge in [-0.25, -0.2) is 22.3 Å². The maximum Gasteiger partial charge on any atom is 0.325 e. The molecule has 0 spiro atoms. The predicted molar refractivity (Wildman–Crippen MR) is 110 cm³/mol. The number of urea groups is 1.